The molecule has 0 saturated carbocycles. The summed E-state index contributed by atoms with van der Waals surface area (Å²) in [6, 6.07) is 9.24. The second kappa shape index (κ2) is 9.94. The summed E-state index contributed by atoms with van der Waals surface area (Å²) in [6.45, 7) is 3.81. The zero-order chi connectivity index (χ0) is 22.5. The Kier molecular flexibility index (Phi) is 7.30. The van der Waals surface area contributed by atoms with Gasteiger partial charge in [-0.05, 0) is 43.7 Å². The molecule has 9 heteroatoms. The molecule has 0 bridgehead atoms. The van der Waals surface area contributed by atoms with Gasteiger partial charge in [-0.2, -0.15) is 0 Å². The van der Waals surface area contributed by atoms with Crippen molar-refractivity contribution >= 4 is 35.2 Å². The fraction of sp³-hybridized carbons (Fsp3) is 0.273. The van der Waals surface area contributed by atoms with Crippen molar-refractivity contribution in [2.45, 2.75) is 26.5 Å². The SMILES string of the molecule is CCOC(=O)C1=C(C)NC(=O)N[C@H]1c1ccc(OCc2ccc(Cl)cc2Cl)c(OC)c1. The molecule has 1 heterocycles. The summed E-state index contributed by atoms with van der Waals surface area (Å²) in [7, 11) is 1.51. The number of rotatable bonds is 7. The lowest BCUT2D eigenvalue weighted by atomic mass is 9.95. The molecule has 0 aromatic heterocycles. The summed E-state index contributed by atoms with van der Waals surface area (Å²) in [5.74, 6) is 0.418. The van der Waals surface area contributed by atoms with Crippen LogP contribution in [0.5, 0.6) is 11.5 Å². The molecule has 0 radical (unpaired) electrons. The van der Waals surface area contributed by atoms with E-state index in [2.05, 4.69) is 10.6 Å². The van der Waals surface area contributed by atoms with Crippen LogP contribution in [0.2, 0.25) is 10.0 Å². The first-order chi connectivity index (χ1) is 14.8. The Hall–Kier alpha value is -2.90. The number of carbonyl (C=O) groups is 2. The summed E-state index contributed by atoms with van der Waals surface area (Å²) in [5, 5.41) is 6.41. The minimum absolute atomic E-state index is 0.211. The Balaban J connectivity index is 1.88. The number of ether oxygens (including phenoxy) is 3. The van der Waals surface area contributed by atoms with E-state index in [1.165, 1.54) is 7.11 Å². The van der Waals surface area contributed by atoms with Crippen LogP contribution in [-0.2, 0) is 16.1 Å². The highest BCUT2D eigenvalue weighted by Crippen LogP contribution is 2.35. The molecule has 2 amide bonds. The maximum atomic E-state index is 12.5. The number of carbonyl (C=O) groups excluding carboxylic acids is 2. The van der Waals surface area contributed by atoms with Crippen LogP contribution in [-0.4, -0.2) is 25.7 Å². The van der Waals surface area contributed by atoms with Gasteiger partial charge in [0.25, 0.3) is 0 Å². The molecule has 31 heavy (non-hydrogen) atoms. The summed E-state index contributed by atoms with van der Waals surface area (Å²) >= 11 is 12.1. The Labute approximate surface area is 190 Å². The Bertz CT molecular complexity index is 1040. The van der Waals surface area contributed by atoms with E-state index in [1.54, 1.807) is 50.2 Å². The third-order valence-electron chi connectivity index (χ3n) is 4.68. The van der Waals surface area contributed by atoms with E-state index in [9.17, 15) is 9.59 Å². The Morgan fingerprint density at radius 2 is 1.90 bits per heavy atom. The summed E-state index contributed by atoms with van der Waals surface area (Å²) in [4.78, 5) is 24.5. The van der Waals surface area contributed by atoms with Gasteiger partial charge >= 0.3 is 12.0 Å². The van der Waals surface area contributed by atoms with Gasteiger partial charge in [0.1, 0.15) is 6.61 Å². The molecule has 1 atom stereocenters. The predicted octanol–water partition coefficient (Wildman–Crippen LogP) is 4.77. The Morgan fingerprint density at radius 3 is 2.58 bits per heavy atom. The van der Waals surface area contributed by atoms with Crippen molar-refractivity contribution in [2.24, 2.45) is 0 Å². The first-order valence-electron chi connectivity index (χ1n) is 9.54. The number of hydrogen-bond donors (Lipinski definition) is 2. The molecule has 7 nitrogen and oxygen atoms in total. The highest BCUT2D eigenvalue weighted by atomic mass is 35.5. The van der Waals surface area contributed by atoms with Gasteiger partial charge in [0, 0.05) is 21.3 Å². The third-order valence-corrected chi connectivity index (χ3v) is 5.27. The van der Waals surface area contributed by atoms with Crippen LogP contribution >= 0.6 is 23.2 Å². The molecule has 3 rings (SSSR count). The van der Waals surface area contributed by atoms with Crippen LogP contribution in [0.3, 0.4) is 0 Å². The van der Waals surface area contributed by atoms with Gasteiger partial charge in [0.15, 0.2) is 11.5 Å². The molecular weight excluding hydrogens is 443 g/mol. The molecule has 0 saturated heterocycles. The van der Waals surface area contributed by atoms with Crippen LogP contribution < -0.4 is 20.1 Å². The van der Waals surface area contributed by atoms with Gasteiger partial charge in [0.05, 0.1) is 25.3 Å². The lowest BCUT2D eigenvalue weighted by Crippen LogP contribution is -2.45. The number of amides is 2. The van der Waals surface area contributed by atoms with Crippen molar-refractivity contribution in [3.05, 3.63) is 68.8 Å². The molecule has 0 unspecified atom stereocenters. The summed E-state index contributed by atoms with van der Waals surface area (Å²) in [5.41, 5.74) is 2.17. The molecule has 1 aliphatic rings. The smallest absolute Gasteiger partial charge is 0.338 e. The zero-order valence-electron chi connectivity index (χ0n) is 17.3. The number of halogens is 2. The van der Waals surface area contributed by atoms with Crippen molar-refractivity contribution in [1.29, 1.82) is 0 Å². The van der Waals surface area contributed by atoms with Crippen LogP contribution in [0, 0.1) is 0 Å². The second-order valence-corrected chi connectivity index (χ2v) is 7.57. The van der Waals surface area contributed by atoms with E-state index in [4.69, 9.17) is 37.4 Å². The average molecular weight is 465 g/mol. The molecular formula is C22H22Cl2N2O5. The lowest BCUT2D eigenvalue weighted by Gasteiger charge is -2.28. The molecule has 0 spiro atoms. The number of urea groups is 1. The largest absolute Gasteiger partial charge is 0.493 e. The second-order valence-electron chi connectivity index (χ2n) is 6.73. The topological polar surface area (TPSA) is 85.9 Å². The maximum Gasteiger partial charge on any atom is 0.338 e. The molecule has 2 aromatic carbocycles. The van der Waals surface area contributed by atoms with E-state index in [1.807, 2.05) is 0 Å². The first kappa shape index (κ1) is 22.8. The fourth-order valence-electron chi connectivity index (χ4n) is 3.20. The number of hydrogen-bond acceptors (Lipinski definition) is 5. The fourth-order valence-corrected chi connectivity index (χ4v) is 3.66. The standard InChI is InChI=1S/C22H22Cl2N2O5/c1-4-30-21(27)19-12(2)25-22(28)26-20(19)13-6-8-17(18(9-13)29-3)31-11-14-5-7-15(23)10-16(14)24/h5-10,20H,4,11H2,1-3H3,(H2,25,26,28)/t20-/m0/s1. The van der Waals surface area contributed by atoms with Gasteiger partial charge in [-0.3, -0.25) is 0 Å². The van der Waals surface area contributed by atoms with Crippen LogP contribution in [0.4, 0.5) is 4.79 Å². The number of nitrogens with one attached hydrogen (secondary N) is 2. The molecule has 0 fully saturated rings. The zero-order valence-corrected chi connectivity index (χ0v) is 18.8. The summed E-state index contributed by atoms with van der Waals surface area (Å²) in [6.07, 6.45) is 0. The third kappa shape index (κ3) is 5.24. The number of esters is 1. The van der Waals surface area contributed by atoms with Gasteiger partial charge in [-0.25, -0.2) is 9.59 Å². The van der Waals surface area contributed by atoms with Crippen LogP contribution in [0.25, 0.3) is 0 Å². The van der Waals surface area contributed by atoms with E-state index in [0.717, 1.165) is 5.56 Å². The molecule has 0 aliphatic carbocycles. The number of methoxy groups -OCH3 is 1. The number of allylic oxidation sites excluding steroid dienone is 1. The first-order valence-corrected chi connectivity index (χ1v) is 10.3. The quantitative estimate of drug-likeness (QED) is 0.576. The van der Waals surface area contributed by atoms with Crippen molar-refractivity contribution in [2.75, 3.05) is 13.7 Å². The lowest BCUT2D eigenvalue weighted by molar-refractivity contribution is -0.139. The van der Waals surface area contributed by atoms with Gasteiger partial charge < -0.3 is 24.8 Å². The van der Waals surface area contributed by atoms with Crippen molar-refractivity contribution in [3.63, 3.8) is 0 Å². The van der Waals surface area contributed by atoms with Crippen molar-refractivity contribution in [1.82, 2.24) is 10.6 Å². The molecule has 2 aromatic rings. The van der Waals surface area contributed by atoms with E-state index < -0.39 is 18.0 Å². The van der Waals surface area contributed by atoms with Gasteiger partial charge in [-0.1, -0.05) is 35.3 Å². The number of benzene rings is 2. The van der Waals surface area contributed by atoms with Gasteiger partial charge in [0.2, 0.25) is 0 Å². The van der Waals surface area contributed by atoms with E-state index in [-0.39, 0.29) is 13.2 Å². The van der Waals surface area contributed by atoms with Gasteiger partial charge in [-0.15, -0.1) is 0 Å². The highest BCUT2D eigenvalue weighted by molar-refractivity contribution is 6.35. The Morgan fingerprint density at radius 1 is 1.13 bits per heavy atom. The monoisotopic (exact) mass is 464 g/mol. The minimum Gasteiger partial charge on any atom is -0.493 e. The molecule has 1 aliphatic heterocycles. The maximum absolute atomic E-state index is 12.5. The van der Waals surface area contributed by atoms with Crippen LogP contribution in [0.15, 0.2) is 47.7 Å². The van der Waals surface area contributed by atoms with E-state index >= 15 is 0 Å². The van der Waals surface area contributed by atoms with E-state index in [0.29, 0.717) is 38.4 Å². The average Bonchev–Trinajstić information content (AvgIpc) is 2.72. The van der Waals surface area contributed by atoms with Crippen LogP contribution in [0.1, 0.15) is 31.0 Å². The minimum atomic E-state index is -0.693. The highest BCUT2D eigenvalue weighted by Gasteiger charge is 2.32. The van der Waals surface area contributed by atoms with Crippen molar-refractivity contribution in [3.8, 4) is 11.5 Å². The normalized spacial score (nSPS) is 15.8. The summed E-state index contributed by atoms with van der Waals surface area (Å²) < 4.78 is 16.5. The van der Waals surface area contributed by atoms with Crippen molar-refractivity contribution < 1.29 is 23.8 Å². The molecule has 164 valence electrons. The molecule has 2 N–H and O–H groups in total. The predicted molar refractivity (Wildman–Crippen MR) is 118 cm³/mol.